The van der Waals surface area contributed by atoms with Crippen LogP contribution in [0.5, 0.6) is 0 Å². The molecule has 1 fully saturated rings. The number of hydrogen-bond donors (Lipinski definition) is 1. The van der Waals surface area contributed by atoms with Crippen molar-refractivity contribution >= 4 is 17.0 Å². The summed E-state index contributed by atoms with van der Waals surface area (Å²) in [6, 6.07) is 5.00. The largest absolute Gasteiger partial charge is 0.478 e. The molecule has 19 heavy (non-hydrogen) atoms. The Hall–Kier alpha value is -1.91. The van der Waals surface area contributed by atoms with Crippen molar-refractivity contribution in [1.82, 2.24) is 15.0 Å². The molecule has 1 aliphatic rings. The van der Waals surface area contributed by atoms with Crippen molar-refractivity contribution in [3.63, 3.8) is 0 Å². The van der Waals surface area contributed by atoms with Crippen molar-refractivity contribution < 1.29 is 9.90 Å². The number of carboxylic acids is 1. The minimum Gasteiger partial charge on any atom is -0.478 e. The van der Waals surface area contributed by atoms with Crippen molar-refractivity contribution in [2.24, 2.45) is 11.8 Å². The van der Waals surface area contributed by atoms with E-state index in [4.69, 9.17) is 5.11 Å². The number of hydrogen-bond acceptors (Lipinski definition) is 3. The Morgan fingerprint density at radius 1 is 1.47 bits per heavy atom. The van der Waals surface area contributed by atoms with Crippen LogP contribution in [0.1, 0.15) is 36.5 Å². The monoisotopic (exact) mass is 259 g/mol. The molecule has 1 saturated carbocycles. The Kier molecular flexibility index (Phi) is 2.97. The molecule has 1 heterocycles. The highest BCUT2D eigenvalue weighted by atomic mass is 16.4. The second-order valence-electron chi connectivity index (χ2n) is 5.45. The van der Waals surface area contributed by atoms with Crippen LogP contribution in [-0.2, 0) is 6.54 Å². The van der Waals surface area contributed by atoms with Gasteiger partial charge >= 0.3 is 5.97 Å². The lowest BCUT2D eigenvalue weighted by atomic mass is 9.98. The molecule has 100 valence electrons. The third-order valence-electron chi connectivity index (χ3n) is 4.21. The fourth-order valence-electron chi connectivity index (χ4n) is 2.96. The van der Waals surface area contributed by atoms with Crippen molar-refractivity contribution in [2.45, 2.75) is 32.7 Å². The van der Waals surface area contributed by atoms with Gasteiger partial charge in [0.2, 0.25) is 0 Å². The van der Waals surface area contributed by atoms with Gasteiger partial charge in [0.05, 0.1) is 11.1 Å². The highest BCUT2D eigenvalue weighted by Crippen LogP contribution is 2.32. The molecule has 1 aromatic heterocycles. The van der Waals surface area contributed by atoms with Gasteiger partial charge in [-0.25, -0.2) is 9.48 Å². The molecule has 5 nitrogen and oxygen atoms in total. The molecule has 0 radical (unpaired) electrons. The summed E-state index contributed by atoms with van der Waals surface area (Å²) in [4.78, 5) is 10.9. The SMILES string of the molecule is CC1CCCC1Cn1nnc2cc(C(=O)O)ccc21. The average Bonchev–Trinajstić information content (AvgIpc) is 2.97. The second-order valence-corrected chi connectivity index (χ2v) is 5.45. The predicted molar refractivity (Wildman–Crippen MR) is 71.0 cm³/mol. The number of carboxylic acid groups (broad SMARTS) is 1. The normalized spacial score (nSPS) is 23.0. The zero-order valence-electron chi connectivity index (χ0n) is 10.9. The maximum atomic E-state index is 10.9. The number of aromatic nitrogens is 3. The van der Waals surface area contributed by atoms with Crippen LogP contribution < -0.4 is 0 Å². The van der Waals surface area contributed by atoms with Crippen molar-refractivity contribution in [1.29, 1.82) is 0 Å². The van der Waals surface area contributed by atoms with Gasteiger partial charge in [0.25, 0.3) is 0 Å². The van der Waals surface area contributed by atoms with Crippen LogP contribution in [0.2, 0.25) is 0 Å². The van der Waals surface area contributed by atoms with E-state index in [1.54, 1.807) is 18.2 Å². The predicted octanol–water partition coefficient (Wildman–Crippen LogP) is 2.57. The number of aromatic carboxylic acids is 1. The van der Waals surface area contributed by atoms with Crippen molar-refractivity contribution in [3.05, 3.63) is 23.8 Å². The zero-order chi connectivity index (χ0) is 13.4. The molecule has 0 bridgehead atoms. The number of rotatable bonds is 3. The summed E-state index contributed by atoms with van der Waals surface area (Å²) in [6.45, 7) is 3.17. The highest BCUT2D eigenvalue weighted by Gasteiger charge is 2.24. The summed E-state index contributed by atoms with van der Waals surface area (Å²) in [5, 5.41) is 17.2. The Morgan fingerprint density at radius 2 is 2.32 bits per heavy atom. The molecule has 1 N–H and O–H groups in total. The minimum atomic E-state index is -0.930. The molecule has 2 aromatic rings. The Morgan fingerprint density at radius 3 is 3.00 bits per heavy atom. The Balaban J connectivity index is 1.90. The zero-order valence-corrected chi connectivity index (χ0v) is 10.9. The summed E-state index contributed by atoms with van der Waals surface area (Å²) in [6.07, 6.45) is 3.83. The van der Waals surface area contributed by atoms with E-state index in [-0.39, 0.29) is 5.56 Å². The Labute approximate surface area is 111 Å². The van der Waals surface area contributed by atoms with Crippen LogP contribution in [-0.4, -0.2) is 26.1 Å². The van der Waals surface area contributed by atoms with Crippen LogP contribution in [0.25, 0.3) is 11.0 Å². The van der Waals surface area contributed by atoms with Crippen LogP contribution in [0, 0.1) is 11.8 Å². The summed E-state index contributed by atoms with van der Waals surface area (Å²) >= 11 is 0. The van der Waals surface area contributed by atoms with Gasteiger partial charge in [-0.3, -0.25) is 0 Å². The van der Waals surface area contributed by atoms with E-state index in [0.29, 0.717) is 11.4 Å². The average molecular weight is 259 g/mol. The fourth-order valence-corrected chi connectivity index (χ4v) is 2.96. The van der Waals surface area contributed by atoms with E-state index in [2.05, 4.69) is 17.2 Å². The van der Waals surface area contributed by atoms with Crippen LogP contribution in [0.15, 0.2) is 18.2 Å². The number of nitrogens with zero attached hydrogens (tertiary/aromatic N) is 3. The van der Waals surface area contributed by atoms with Crippen LogP contribution in [0.4, 0.5) is 0 Å². The summed E-state index contributed by atoms with van der Waals surface area (Å²) < 4.78 is 1.91. The van der Waals surface area contributed by atoms with E-state index >= 15 is 0 Å². The first kappa shape index (κ1) is 12.1. The van der Waals surface area contributed by atoms with Gasteiger partial charge in [0.15, 0.2) is 0 Å². The van der Waals surface area contributed by atoms with E-state index in [0.717, 1.165) is 18.0 Å². The molecule has 1 aromatic carbocycles. The molecule has 2 atom stereocenters. The lowest BCUT2D eigenvalue weighted by molar-refractivity contribution is 0.0697. The molecule has 1 aliphatic carbocycles. The maximum absolute atomic E-state index is 10.9. The standard InChI is InChI=1S/C14H17N3O2/c1-9-3-2-4-11(9)8-17-13-6-5-10(14(18)19)7-12(13)15-16-17/h5-7,9,11H,2-4,8H2,1H3,(H,18,19). The topological polar surface area (TPSA) is 68.0 Å². The first-order chi connectivity index (χ1) is 9.15. The third-order valence-corrected chi connectivity index (χ3v) is 4.21. The molecule has 2 unspecified atom stereocenters. The van der Waals surface area contributed by atoms with E-state index in [1.807, 2.05) is 4.68 Å². The fraction of sp³-hybridized carbons (Fsp3) is 0.500. The van der Waals surface area contributed by atoms with Gasteiger partial charge in [0, 0.05) is 6.54 Å². The molecule has 0 amide bonds. The molecule has 0 aliphatic heterocycles. The van der Waals surface area contributed by atoms with Crippen LogP contribution >= 0.6 is 0 Å². The van der Waals surface area contributed by atoms with Gasteiger partial charge in [-0.05, 0) is 36.5 Å². The Bertz CT molecular complexity index is 620. The summed E-state index contributed by atoms with van der Waals surface area (Å²) in [5.41, 5.74) is 1.84. The molecule has 0 saturated heterocycles. The van der Waals surface area contributed by atoms with Crippen LogP contribution in [0.3, 0.4) is 0 Å². The summed E-state index contributed by atoms with van der Waals surface area (Å²) in [7, 11) is 0. The lowest BCUT2D eigenvalue weighted by Gasteiger charge is -2.14. The highest BCUT2D eigenvalue weighted by molar-refractivity contribution is 5.92. The number of fused-ring (bicyclic) bond motifs is 1. The first-order valence-electron chi connectivity index (χ1n) is 6.71. The molecule has 0 spiro atoms. The molecular weight excluding hydrogens is 242 g/mol. The maximum Gasteiger partial charge on any atom is 0.335 e. The van der Waals surface area contributed by atoms with Gasteiger partial charge in [-0.15, -0.1) is 5.10 Å². The minimum absolute atomic E-state index is 0.258. The van der Waals surface area contributed by atoms with Gasteiger partial charge < -0.3 is 5.11 Å². The first-order valence-corrected chi connectivity index (χ1v) is 6.71. The second kappa shape index (κ2) is 4.64. The lowest BCUT2D eigenvalue weighted by Crippen LogP contribution is -2.14. The smallest absolute Gasteiger partial charge is 0.335 e. The molecule has 5 heteroatoms. The molecular formula is C14H17N3O2. The van der Waals surface area contributed by atoms with E-state index < -0.39 is 5.97 Å². The third kappa shape index (κ3) is 2.20. The summed E-state index contributed by atoms with van der Waals surface area (Å²) in [5.74, 6) is 0.461. The molecule has 3 rings (SSSR count). The number of benzene rings is 1. The van der Waals surface area contributed by atoms with E-state index in [9.17, 15) is 4.79 Å². The van der Waals surface area contributed by atoms with Crippen molar-refractivity contribution in [3.8, 4) is 0 Å². The quantitative estimate of drug-likeness (QED) is 0.919. The van der Waals surface area contributed by atoms with E-state index in [1.165, 1.54) is 19.3 Å². The van der Waals surface area contributed by atoms with Gasteiger partial charge in [-0.1, -0.05) is 25.0 Å². The van der Waals surface area contributed by atoms with Crippen molar-refractivity contribution in [2.75, 3.05) is 0 Å². The number of carbonyl (C=O) groups is 1. The van der Waals surface area contributed by atoms with Gasteiger partial charge in [0.1, 0.15) is 5.52 Å². The van der Waals surface area contributed by atoms with Gasteiger partial charge in [-0.2, -0.15) is 0 Å².